The van der Waals surface area contributed by atoms with Crippen molar-refractivity contribution in [3.8, 4) is 0 Å². The van der Waals surface area contributed by atoms with Crippen LogP contribution in [0.3, 0.4) is 0 Å². The molecule has 0 saturated heterocycles. The fourth-order valence-electron chi connectivity index (χ4n) is 7.38. The molecule has 400 valence electrons. The number of allylic oxidation sites excluding steroid dienone is 22. The van der Waals surface area contributed by atoms with E-state index in [-0.39, 0.29) is 31.1 Å². The maximum absolute atomic E-state index is 12.8. The number of carbonyl (C=O) groups excluding carboxylic acids is 3. The molecule has 0 fully saturated rings. The Bertz CT molecular complexity index is 1550. The molecule has 1 unspecified atom stereocenters. The van der Waals surface area contributed by atoms with E-state index in [1.807, 2.05) is 0 Å². The highest BCUT2D eigenvalue weighted by Gasteiger charge is 2.19. The van der Waals surface area contributed by atoms with Crippen molar-refractivity contribution >= 4 is 17.9 Å². The lowest BCUT2D eigenvalue weighted by atomic mass is 10.1. The lowest BCUT2D eigenvalue weighted by Crippen LogP contribution is -2.30. The maximum atomic E-state index is 12.8. The molecule has 0 radical (unpaired) electrons. The fourth-order valence-corrected chi connectivity index (χ4v) is 7.38. The van der Waals surface area contributed by atoms with Crippen LogP contribution in [0.4, 0.5) is 0 Å². The Labute approximate surface area is 436 Å². The van der Waals surface area contributed by atoms with E-state index in [2.05, 4.69) is 154 Å². The zero-order valence-electron chi connectivity index (χ0n) is 45.7. The van der Waals surface area contributed by atoms with Crippen molar-refractivity contribution in [2.75, 3.05) is 13.2 Å². The van der Waals surface area contributed by atoms with Gasteiger partial charge in [0.05, 0.1) is 0 Å². The van der Waals surface area contributed by atoms with Crippen LogP contribution in [0.1, 0.15) is 239 Å². The van der Waals surface area contributed by atoms with Crippen LogP contribution >= 0.6 is 0 Å². The summed E-state index contributed by atoms with van der Waals surface area (Å²) in [5, 5.41) is 0. The van der Waals surface area contributed by atoms with Crippen molar-refractivity contribution in [1.29, 1.82) is 0 Å². The number of hydrogen-bond donors (Lipinski definition) is 0. The summed E-state index contributed by atoms with van der Waals surface area (Å²) in [4.78, 5) is 38.1. The minimum absolute atomic E-state index is 0.102. The Hall–Kier alpha value is -4.45. The Morgan fingerprint density at radius 3 is 0.859 bits per heavy atom. The van der Waals surface area contributed by atoms with Crippen molar-refractivity contribution in [3.05, 3.63) is 134 Å². The van der Waals surface area contributed by atoms with Crippen LogP contribution in [0, 0.1) is 0 Å². The molecule has 0 aromatic carbocycles. The number of ether oxygens (including phenoxy) is 3. The maximum Gasteiger partial charge on any atom is 0.306 e. The van der Waals surface area contributed by atoms with Crippen LogP contribution in [-0.4, -0.2) is 37.2 Å². The molecule has 0 heterocycles. The Balaban J connectivity index is 4.41. The highest BCUT2D eigenvalue weighted by Crippen LogP contribution is 2.13. The second-order valence-electron chi connectivity index (χ2n) is 18.4. The second kappa shape index (κ2) is 58.1. The molecule has 0 rings (SSSR count). The van der Waals surface area contributed by atoms with Crippen molar-refractivity contribution in [2.24, 2.45) is 0 Å². The summed E-state index contributed by atoms with van der Waals surface area (Å²) >= 11 is 0. The molecule has 0 aliphatic rings. The topological polar surface area (TPSA) is 78.9 Å². The van der Waals surface area contributed by atoms with Gasteiger partial charge in [0.15, 0.2) is 6.10 Å². The molecule has 1 atom stereocenters. The van der Waals surface area contributed by atoms with Crippen LogP contribution in [0.2, 0.25) is 0 Å². The van der Waals surface area contributed by atoms with Gasteiger partial charge in [-0.1, -0.05) is 225 Å². The van der Waals surface area contributed by atoms with Gasteiger partial charge in [0, 0.05) is 19.3 Å². The fraction of sp³-hybridized carbons (Fsp3) is 0.615. The predicted octanol–water partition coefficient (Wildman–Crippen LogP) is 19.4. The molecule has 6 heteroatoms. The molecule has 0 amide bonds. The summed E-state index contributed by atoms with van der Waals surface area (Å²) in [5.74, 6) is -0.952. The van der Waals surface area contributed by atoms with Crippen molar-refractivity contribution in [3.63, 3.8) is 0 Å². The highest BCUT2D eigenvalue weighted by atomic mass is 16.6. The molecule has 0 aliphatic carbocycles. The van der Waals surface area contributed by atoms with E-state index in [1.54, 1.807) is 0 Å². The van der Waals surface area contributed by atoms with Gasteiger partial charge in [-0.15, -0.1) is 0 Å². The third kappa shape index (κ3) is 56.3. The molecule has 0 spiro atoms. The van der Waals surface area contributed by atoms with E-state index in [0.29, 0.717) is 19.3 Å². The summed E-state index contributed by atoms with van der Waals surface area (Å²) in [6.45, 7) is 6.30. The third-order valence-electron chi connectivity index (χ3n) is 11.6. The molecule has 0 aromatic rings. The summed E-state index contributed by atoms with van der Waals surface area (Å²) < 4.78 is 16.8. The van der Waals surface area contributed by atoms with Gasteiger partial charge in [-0.2, -0.15) is 0 Å². The number of unbranched alkanes of at least 4 members (excludes halogenated alkanes) is 17. The van der Waals surface area contributed by atoms with E-state index in [4.69, 9.17) is 14.2 Å². The highest BCUT2D eigenvalue weighted by molar-refractivity contribution is 5.71. The molecule has 0 aromatic heterocycles. The van der Waals surface area contributed by atoms with Crippen molar-refractivity contribution in [1.82, 2.24) is 0 Å². The SMILES string of the molecule is CC/C=C\C/C=C\C/C=C\C/C=C\C/C=C\C/C=C\CCCCCCCCC(=O)OCC(COC(=O)CCCCCCC/C=C\C/C=C\CCC)OC(=O)CCCCCCC/C=C\C/C=C\C/C=C\CC. The molecule has 0 aliphatic heterocycles. The average molecular weight is 982 g/mol. The number of carbonyl (C=O) groups is 3. The molecule has 0 saturated carbocycles. The second-order valence-corrected chi connectivity index (χ2v) is 18.4. The molecular formula is C65H104O6. The molecule has 6 nitrogen and oxygen atoms in total. The van der Waals surface area contributed by atoms with Gasteiger partial charge in [0.2, 0.25) is 0 Å². The standard InChI is InChI=1S/C65H104O6/c1-4-7-10-13-16-19-22-25-27-28-29-30-31-32-33-34-35-36-38-40-43-46-49-52-55-58-64(67)70-61-62(60-69-63(66)57-54-51-48-45-42-39-24-21-18-15-12-9-6-3)71-65(68)59-56-53-50-47-44-41-37-26-23-20-17-14-11-8-5-2/h7-8,10-12,15-17,19-21,24-27,29-30,32-33,35-37,62H,4-6,9,13-14,18,22-23,28,31,34,38-61H2,1-3H3/b10-7-,11-8-,15-12-,19-16-,20-17-,24-21-,27-25-,30-29-,33-32-,36-35-,37-26-. The van der Waals surface area contributed by atoms with Gasteiger partial charge in [-0.05, 0) is 128 Å². The average Bonchev–Trinajstić information content (AvgIpc) is 3.37. The van der Waals surface area contributed by atoms with Crippen molar-refractivity contribution in [2.45, 2.75) is 245 Å². The molecular weight excluding hydrogens is 877 g/mol. The lowest BCUT2D eigenvalue weighted by molar-refractivity contribution is -0.167. The summed E-state index contributed by atoms with van der Waals surface area (Å²) in [6.07, 6.45) is 81.5. The first-order chi connectivity index (χ1) is 35.0. The first kappa shape index (κ1) is 66.6. The predicted molar refractivity (Wildman–Crippen MR) is 306 cm³/mol. The van der Waals surface area contributed by atoms with E-state index in [1.165, 1.54) is 19.3 Å². The van der Waals surface area contributed by atoms with Gasteiger partial charge >= 0.3 is 17.9 Å². The van der Waals surface area contributed by atoms with E-state index in [9.17, 15) is 14.4 Å². The molecule has 0 N–H and O–H groups in total. The van der Waals surface area contributed by atoms with Gasteiger partial charge in [-0.25, -0.2) is 0 Å². The zero-order valence-corrected chi connectivity index (χ0v) is 45.7. The normalized spacial score (nSPS) is 13.1. The number of rotatable bonds is 50. The third-order valence-corrected chi connectivity index (χ3v) is 11.6. The first-order valence-electron chi connectivity index (χ1n) is 28.7. The Kier molecular flexibility index (Phi) is 54.5. The first-order valence-corrected chi connectivity index (χ1v) is 28.7. The molecule has 0 bridgehead atoms. The van der Waals surface area contributed by atoms with Crippen LogP contribution in [0.15, 0.2) is 134 Å². The summed E-state index contributed by atoms with van der Waals surface area (Å²) in [7, 11) is 0. The Morgan fingerprint density at radius 1 is 0.296 bits per heavy atom. The Morgan fingerprint density at radius 2 is 0.549 bits per heavy atom. The van der Waals surface area contributed by atoms with Gasteiger partial charge in [-0.3, -0.25) is 14.4 Å². The zero-order chi connectivity index (χ0) is 51.4. The summed E-state index contributed by atoms with van der Waals surface area (Å²) in [5.41, 5.74) is 0. The largest absolute Gasteiger partial charge is 0.462 e. The quantitative estimate of drug-likeness (QED) is 0.0262. The smallest absolute Gasteiger partial charge is 0.306 e. The van der Waals surface area contributed by atoms with Gasteiger partial charge in [0.25, 0.3) is 0 Å². The van der Waals surface area contributed by atoms with Crippen LogP contribution in [0.25, 0.3) is 0 Å². The minimum Gasteiger partial charge on any atom is -0.462 e. The number of esters is 3. The summed E-state index contributed by atoms with van der Waals surface area (Å²) in [6, 6.07) is 0. The van der Waals surface area contributed by atoms with Crippen LogP contribution in [0.5, 0.6) is 0 Å². The van der Waals surface area contributed by atoms with Crippen LogP contribution < -0.4 is 0 Å². The number of hydrogen-bond acceptors (Lipinski definition) is 6. The van der Waals surface area contributed by atoms with Crippen molar-refractivity contribution < 1.29 is 28.6 Å². The van der Waals surface area contributed by atoms with Crippen LogP contribution in [-0.2, 0) is 28.6 Å². The van der Waals surface area contributed by atoms with E-state index < -0.39 is 6.10 Å². The van der Waals surface area contributed by atoms with E-state index >= 15 is 0 Å². The lowest BCUT2D eigenvalue weighted by Gasteiger charge is -2.18. The monoisotopic (exact) mass is 981 g/mol. The molecule has 71 heavy (non-hydrogen) atoms. The van der Waals surface area contributed by atoms with Gasteiger partial charge < -0.3 is 14.2 Å². The van der Waals surface area contributed by atoms with Gasteiger partial charge in [0.1, 0.15) is 13.2 Å². The minimum atomic E-state index is -0.804. The van der Waals surface area contributed by atoms with E-state index in [0.717, 1.165) is 180 Å².